The van der Waals surface area contributed by atoms with Crippen molar-refractivity contribution in [2.24, 2.45) is 0 Å². The molecule has 2 aliphatic carbocycles. The van der Waals surface area contributed by atoms with Gasteiger partial charge in [0.05, 0.1) is 5.25 Å². The number of carbonyl (C=O) groups excluding carboxylic acids is 1. The van der Waals surface area contributed by atoms with Crippen LogP contribution in [0.5, 0.6) is 0 Å². The number of fused-ring (bicyclic) bond motifs is 2. The molecule has 0 radical (unpaired) electrons. The molecule has 1 aromatic carbocycles. The van der Waals surface area contributed by atoms with Crippen LogP contribution in [0.1, 0.15) is 35.1 Å². The summed E-state index contributed by atoms with van der Waals surface area (Å²) < 4.78 is 14.7. The van der Waals surface area contributed by atoms with E-state index in [2.05, 4.69) is 16.1 Å². The Morgan fingerprint density at radius 2 is 1.68 bits per heavy atom. The number of hydrogen-bond acceptors (Lipinski definition) is 3. The number of anilines is 1. The number of carbonyl (C=O) groups is 2. The van der Waals surface area contributed by atoms with Gasteiger partial charge >= 0.3 is 12.1 Å². The molecule has 3 amide bonds. The second-order valence-electron chi connectivity index (χ2n) is 6.90. The van der Waals surface area contributed by atoms with E-state index in [9.17, 15) is 13.8 Å². The summed E-state index contributed by atoms with van der Waals surface area (Å²) in [5.41, 5.74) is 6.02. The molecule has 1 heterocycles. The number of hydrogen-bond donors (Lipinski definition) is 3. The van der Waals surface area contributed by atoms with E-state index in [4.69, 9.17) is 5.11 Å². The fourth-order valence-corrected chi connectivity index (χ4v) is 5.04. The fraction of sp³-hybridized carbons (Fsp3) is 0.529. The predicted molar refractivity (Wildman–Crippen MR) is 94.2 cm³/mol. The minimum absolute atomic E-state index is 0.193. The maximum absolute atomic E-state index is 12.3. The molecule has 0 saturated carbocycles. The van der Waals surface area contributed by atoms with Crippen LogP contribution in [-0.4, -0.2) is 44.7 Å². The Balaban J connectivity index is 1.44. The number of benzene rings is 1. The lowest BCUT2D eigenvalue weighted by atomic mass is 9.99. The Labute approximate surface area is 148 Å². The molecular weight excluding hydrogens is 342 g/mol. The molecule has 8 heteroatoms. The summed E-state index contributed by atoms with van der Waals surface area (Å²) in [7, 11) is -1.58. The number of urea groups is 1. The zero-order chi connectivity index (χ0) is 17.6. The molecule has 1 fully saturated rings. The fourth-order valence-electron chi connectivity index (χ4n) is 4.01. The summed E-state index contributed by atoms with van der Waals surface area (Å²) in [6, 6.07) is 1.82. The van der Waals surface area contributed by atoms with Crippen molar-refractivity contribution < 1.29 is 18.9 Å². The van der Waals surface area contributed by atoms with Crippen molar-refractivity contribution in [3.8, 4) is 0 Å². The molecule has 0 spiro atoms. The number of carboxylic acid groups (broad SMARTS) is 1. The lowest BCUT2D eigenvalue weighted by Gasteiger charge is -2.35. The van der Waals surface area contributed by atoms with Gasteiger partial charge in [-0.3, -0.25) is 4.72 Å². The number of rotatable bonds is 3. The SMILES string of the molecule is O=C(Nc1c2c(cc3c1CCC3)CCC2)NS(=O)C1CN(C(=O)O)C1. The van der Waals surface area contributed by atoms with Crippen molar-refractivity contribution in [3.63, 3.8) is 0 Å². The van der Waals surface area contributed by atoms with Crippen LogP contribution in [0.3, 0.4) is 0 Å². The Morgan fingerprint density at radius 3 is 2.24 bits per heavy atom. The molecule has 0 bridgehead atoms. The average Bonchev–Trinajstić information content (AvgIpc) is 3.13. The second-order valence-corrected chi connectivity index (χ2v) is 8.36. The van der Waals surface area contributed by atoms with Gasteiger partial charge in [-0.15, -0.1) is 0 Å². The highest BCUT2D eigenvalue weighted by Crippen LogP contribution is 2.38. The van der Waals surface area contributed by atoms with Crippen LogP contribution >= 0.6 is 0 Å². The Bertz CT molecular complexity index is 741. The Morgan fingerprint density at radius 1 is 1.08 bits per heavy atom. The molecule has 7 nitrogen and oxygen atoms in total. The molecule has 1 aliphatic heterocycles. The van der Waals surface area contributed by atoms with Crippen LogP contribution in [0, 0.1) is 0 Å². The highest BCUT2D eigenvalue weighted by atomic mass is 32.2. The van der Waals surface area contributed by atoms with Gasteiger partial charge in [0.25, 0.3) is 0 Å². The summed E-state index contributed by atoms with van der Waals surface area (Å²) in [4.78, 5) is 24.3. The first-order chi connectivity index (χ1) is 12.0. The van der Waals surface area contributed by atoms with E-state index in [0.29, 0.717) is 0 Å². The third-order valence-corrected chi connectivity index (χ3v) is 6.62. The van der Waals surface area contributed by atoms with E-state index in [1.54, 1.807) is 0 Å². The standard InChI is InChI=1S/C17H21N3O4S/c21-16(19-25(24)12-8-20(9-12)17(22)23)18-15-13-5-1-3-10(13)7-11-4-2-6-14(11)15/h7,12H,1-6,8-9H2,(H,22,23)(H2,18,19,21). The van der Waals surface area contributed by atoms with Crippen LogP contribution in [0.2, 0.25) is 0 Å². The van der Waals surface area contributed by atoms with Crippen molar-refractivity contribution in [1.29, 1.82) is 0 Å². The van der Waals surface area contributed by atoms with Crippen LogP contribution in [-0.2, 0) is 36.7 Å². The van der Waals surface area contributed by atoms with Gasteiger partial charge in [-0.25, -0.2) is 13.8 Å². The maximum atomic E-state index is 12.3. The van der Waals surface area contributed by atoms with Gasteiger partial charge in [0.2, 0.25) is 0 Å². The molecule has 0 aromatic heterocycles. The smallest absolute Gasteiger partial charge is 0.407 e. The zero-order valence-corrected chi connectivity index (χ0v) is 14.7. The lowest BCUT2D eigenvalue weighted by molar-refractivity contribution is 0.120. The first-order valence-corrected chi connectivity index (χ1v) is 9.87. The van der Waals surface area contributed by atoms with Crippen LogP contribution < -0.4 is 10.0 Å². The minimum Gasteiger partial charge on any atom is -0.465 e. The maximum Gasteiger partial charge on any atom is 0.407 e. The quantitative estimate of drug-likeness (QED) is 0.763. The van der Waals surface area contributed by atoms with Crippen molar-refractivity contribution in [1.82, 2.24) is 9.62 Å². The lowest BCUT2D eigenvalue weighted by Crippen LogP contribution is -2.57. The minimum atomic E-state index is -1.58. The molecule has 1 unspecified atom stereocenters. The van der Waals surface area contributed by atoms with Gasteiger partial charge in [-0.2, -0.15) is 0 Å². The molecular formula is C17H21N3O4S. The first kappa shape index (κ1) is 16.4. The Hall–Kier alpha value is -2.09. The first-order valence-electron chi connectivity index (χ1n) is 8.65. The van der Waals surface area contributed by atoms with Crippen molar-refractivity contribution in [2.75, 3.05) is 18.4 Å². The molecule has 134 valence electrons. The van der Waals surface area contributed by atoms with Crippen LogP contribution in [0.15, 0.2) is 6.07 Å². The summed E-state index contributed by atoms with van der Waals surface area (Å²) >= 11 is 0. The normalized spacial score (nSPS) is 19.8. The van der Waals surface area contributed by atoms with Crippen LogP contribution in [0.25, 0.3) is 0 Å². The summed E-state index contributed by atoms with van der Waals surface area (Å²) in [5.74, 6) is 0. The van der Waals surface area contributed by atoms with E-state index >= 15 is 0 Å². The number of nitrogens with one attached hydrogen (secondary N) is 2. The van der Waals surface area contributed by atoms with E-state index in [1.165, 1.54) is 27.2 Å². The van der Waals surface area contributed by atoms with Gasteiger partial charge in [0.1, 0.15) is 11.0 Å². The van der Waals surface area contributed by atoms with Gasteiger partial charge in [-0.1, -0.05) is 6.07 Å². The number of nitrogens with zero attached hydrogens (tertiary/aromatic N) is 1. The monoisotopic (exact) mass is 363 g/mol. The Kier molecular flexibility index (Phi) is 4.15. The molecule has 1 saturated heterocycles. The van der Waals surface area contributed by atoms with Gasteiger partial charge in [-0.05, 0) is 60.8 Å². The topological polar surface area (TPSA) is 98.7 Å². The van der Waals surface area contributed by atoms with Crippen molar-refractivity contribution in [3.05, 3.63) is 28.3 Å². The average molecular weight is 363 g/mol. The summed E-state index contributed by atoms with van der Waals surface area (Å²) in [6.07, 6.45) is 5.24. The second kappa shape index (κ2) is 6.33. The van der Waals surface area contributed by atoms with E-state index in [0.717, 1.165) is 44.2 Å². The van der Waals surface area contributed by atoms with E-state index in [-0.39, 0.29) is 18.3 Å². The summed E-state index contributed by atoms with van der Waals surface area (Å²) in [6.45, 7) is 0.386. The van der Waals surface area contributed by atoms with Gasteiger partial charge in [0, 0.05) is 18.8 Å². The van der Waals surface area contributed by atoms with E-state index in [1.807, 2.05) is 0 Å². The molecule has 1 atom stereocenters. The highest BCUT2D eigenvalue weighted by molar-refractivity contribution is 7.84. The predicted octanol–water partition coefficient (Wildman–Crippen LogP) is 1.81. The molecule has 25 heavy (non-hydrogen) atoms. The molecule has 3 N–H and O–H groups in total. The van der Waals surface area contributed by atoms with Crippen LogP contribution in [0.4, 0.5) is 15.3 Å². The molecule has 3 aliphatic rings. The largest absolute Gasteiger partial charge is 0.465 e. The number of likely N-dealkylation sites (tertiary alicyclic amines) is 1. The van der Waals surface area contributed by atoms with E-state index < -0.39 is 23.1 Å². The van der Waals surface area contributed by atoms with Gasteiger partial charge in [0.15, 0.2) is 0 Å². The molecule has 1 aromatic rings. The van der Waals surface area contributed by atoms with Crippen molar-refractivity contribution >= 4 is 28.8 Å². The number of aryl methyl sites for hydroxylation is 2. The van der Waals surface area contributed by atoms with Crippen molar-refractivity contribution in [2.45, 2.75) is 43.8 Å². The highest BCUT2D eigenvalue weighted by Gasteiger charge is 2.36. The summed E-state index contributed by atoms with van der Waals surface area (Å²) in [5, 5.41) is 11.4. The zero-order valence-electron chi connectivity index (χ0n) is 13.8. The third-order valence-electron chi connectivity index (χ3n) is 5.33. The number of amides is 3. The van der Waals surface area contributed by atoms with Gasteiger partial charge < -0.3 is 15.3 Å². The molecule has 4 rings (SSSR count). The third kappa shape index (κ3) is 2.99.